The van der Waals surface area contributed by atoms with E-state index in [-0.39, 0.29) is 22.8 Å². The molecule has 0 atom stereocenters. The third-order valence-corrected chi connectivity index (χ3v) is 5.73. The topological polar surface area (TPSA) is 49.4 Å². The molecule has 2 saturated heterocycles. The molecule has 2 aliphatic heterocycles. The highest BCUT2D eigenvalue weighted by molar-refractivity contribution is 5.91. The first kappa shape index (κ1) is 13.8. The maximum Gasteiger partial charge on any atom is 0.233 e. The Morgan fingerprint density at radius 1 is 1.00 bits per heavy atom. The van der Waals surface area contributed by atoms with Crippen molar-refractivity contribution < 1.29 is 9.59 Å². The Balaban J connectivity index is 1.46. The van der Waals surface area contributed by atoms with Gasteiger partial charge < -0.3 is 10.2 Å². The number of amides is 2. The highest BCUT2D eigenvalue weighted by Crippen LogP contribution is 2.50. The molecule has 4 heteroatoms. The lowest BCUT2D eigenvalue weighted by atomic mass is 9.85. The standard InChI is InChI=1S/C18H22N2O2/c21-15-6-7-17(19-15)10-12-20(13-11-17)16(22)18(8-9-18)14-4-2-1-3-5-14/h1-5H,6-13H2,(H,19,21). The Kier molecular flexibility index (Phi) is 3.03. The van der Waals surface area contributed by atoms with Crippen molar-refractivity contribution in [1.29, 1.82) is 0 Å². The molecule has 1 aromatic rings. The van der Waals surface area contributed by atoms with Gasteiger partial charge in [-0.15, -0.1) is 0 Å². The maximum absolute atomic E-state index is 13.0. The van der Waals surface area contributed by atoms with Gasteiger partial charge in [0.2, 0.25) is 11.8 Å². The van der Waals surface area contributed by atoms with E-state index in [4.69, 9.17) is 0 Å². The van der Waals surface area contributed by atoms with Crippen molar-refractivity contribution in [3.63, 3.8) is 0 Å². The molecule has 0 radical (unpaired) electrons. The lowest BCUT2D eigenvalue weighted by Crippen LogP contribution is -2.53. The molecule has 4 nitrogen and oxygen atoms in total. The van der Waals surface area contributed by atoms with Crippen molar-refractivity contribution in [1.82, 2.24) is 10.2 Å². The van der Waals surface area contributed by atoms with E-state index in [0.29, 0.717) is 6.42 Å². The van der Waals surface area contributed by atoms with E-state index < -0.39 is 0 Å². The fraction of sp³-hybridized carbons (Fsp3) is 0.556. The van der Waals surface area contributed by atoms with Crippen LogP contribution < -0.4 is 5.32 Å². The van der Waals surface area contributed by atoms with Crippen LogP contribution in [0.1, 0.15) is 44.1 Å². The number of benzene rings is 1. The normalized spacial score (nSPS) is 25.1. The van der Waals surface area contributed by atoms with Gasteiger partial charge in [0.1, 0.15) is 0 Å². The molecule has 3 fully saturated rings. The van der Waals surface area contributed by atoms with Crippen LogP contribution in [0.2, 0.25) is 0 Å². The van der Waals surface area contributed by atoms with Crippen LogP contribution in [0.4, 0.5) is 0 Å². The van der Waals surface area contributed by atoms with Crippen LogP contribution in [0.5, 0.6) is 0 Å². The lowest BCUT2D eigenvalue weighted by Gasteiger charge is -2.40. The van der Waals surface area contributed by atoms with Crippen LogP contribution in [0.3, 0.4) is 0 Å². The summed E-state index contributed by atoms with van der Waals surface area (Å²) in [5, 5.41) is 3.14. The number of carbonyl (C=O) groups excluding carboxylic acids is 2. The van der Waals surface area contributed by atoms with Gasteiger partial charge in [-0.25, -0.2) is 0 Å². The summed E-state index contributed by atoms with van der Waals surface area (Å²) < 4.78 is 0. The first-order valence-corrected chi connectivity index (χ1v) is 8.30. The number of carbonyl (C=O) groups is 2. The predicted molar refractivity (Wildman–Crippen MR) is 83.3 cm³/mol. The molecule has 22 heavy (non-hydrogen) atoms. The zero-order chi connectivity index (χ0) is 15.2. The average molecular weight is 298 g/mol. The zero-order valence-electron chi connectivity index (χ0n) is 12.8. The molecular formula is C18H22N2O2. The van der Waals surface area contributed by atoms with Gasteiger partial charge >= 0.3 is 0 Å². The van der Waals surface area contributed by atoms with Crippen molar-refractivity contribution in [2.45, 2.75) is 49.5 Å². The Morgan fingerprint density at radius 3 is 2.23 bits per heavy atom. The number of rotatable bonds is 2. The SMILES string of the molecule is O=C1CCC2(CCN(C(=O)C3(c4ccccc4)CC3)CC2)N1. The van der Waals surface area contributed by atoms with Gasteiger partial charge in [0, 0.05) is 25.0 Å². The third kappa shape index (κ3) is 2.13. The Labute approximate surface area is 130 Å². The molecule has 116 valence electrons. The molecule has 0 aromatic heterocycles. The van der Waals surface area contributed by atoms with E-state index in [1.165, 1.54) is 0 Å². The fourth-order valence-corrected chi connectivity index (χ4v) is 4.10. The molecule has 1 saturated carbocycles. The van der Waals surface area contributed by atoms with Crippen LogP contribution in [0.15, 0.2) is 30.3 Å². The van der Waals surface area contributed by atoms with Gasteiger partial charge in [0.15, 0.2) is 0 Å². The van der Waals surface area contributed by atoms with Crippen LogP contribution in [0.25, 0.3) is 0 Å². The minimum absolute atomic E-state index is 0.0304. The van der Waals surface area contributed by atoms with Crippen molar-refractivity contribution in [3.05, 3.63) is 35.9 Å². The smallest absolute Gasteiger partial charge is 0.233 e. The summed E-state index contributed by atoms with van der Waals surface area (Å²) in [5.74, 6) is 0.459. The highest BCUT2D eigenvalue weighted by atomic mass is 16.2. The Hall–Kier alpha value is -1.84. The van der Waals surface area contributed by atoms with Crippen LogP contribution in [-0.2, 0) is 15.0 Å². The number of hydrogen-bond donors (Lipinski definition) is 1. The molecule has 3 aliphatic rings. The van der Waals surface area contributed by atoms with E-state index in [1.54, 1.807) is 0 Å². The molecule has 4 rings (SSSR count). The van der Waals surface area contributed by atoms with Gasteiger partial charge in [-0.1, -0.05) is 30.3 Å². The van der Waals surface area contributed by atoms with Gasteiger partial charge in [0.25, 0.3) is 0 Å². The van der Waals surface area contributed by atoms with E-state index in [0.717, 1.165) is 50.8 Å². The third-order valence-electron chi connectivity index (χ3n) is 5.73. The first-order valence-electron chi connectivity index (χ1n) is 8.30. The summed E-state index contributed by atoms with van der Waals surface area (Å²) >= 11 is 0. The minimum atomic E-state index is -0.259. The lowest BCUT2D eigenvalue weighted by molar-refractivity contribution is -0.135. The first-order chi connectivity index (χ1) is 10.6. The molecule has 0 bridgehead atoms. The molecule has 1 aliphatic carbocycles. The number of likely N-dealkylation sites (tertiary alicyclic amines) is 1. The maximum atomic E-state index is 13.0. The summed E-state index contributed by atoms with van der Waals surface area (Å²) in [5.41, 5.74) is 0.872. The van der Waals surface area contributed by atoms with Crippen LogP contribution >= 0.6 is 0 Å². The quantitative estimate of drug-likeness (QED) is 0.908. The largest absolute Gasteiger partial charge is 0.351 e. The summed E-state index contributed by atoms with van der Waals surface area (Å²) in [6.07, 6.45) is 5.30. The minimum Gasteiger partial charge on any atom is -0.351 e. The monoisotopic (exact) mass is 298 g/mol. The van der Waals surface area contributed by atoms with Crippen molar-refractivity contribution in [2.24, 2.45) is 0 Å². The van der Waals surface area contributed by atoms with Gasteiger partial charge in [-0.2, -0.15) is 0 Å². The molecule has 0 unspecified atom stereocenters. The summed E-state index contributed by atoms with van der Waals surface area (Å²) in [6.45, 7) is 1.54. The molecular weight excluding hydrogens is 276 g/mol. The van der Waals surface area contributed by atoms with Crippen molar-refractivity contribution >= 4 is 11.8 Å². The van der Waals surface area contributed by atoms with E-state index in [1.807, 2.05) is 23.1 Å². The summed E-state index contributed by atoms with van der Waals surface area (Å²) in [4.78, 5) is 26.5. The van der Waals surface area contributed by atoms with E-state index in [2.05, 4.69) is 17.4 Å². The Morgan fingerprint density at radius 2 is 1.68 bits per heavy atom. The fourth-order valence-electron chi connectivity index (χ4n) is 4.10. The van der Waals surface area contributed by atoms with Crippen LogP contribution in [-0.4, -0.2) is 35.3 Å². The Bertz CT molecular complexity index is 599. The number of nitrogens with one attached hydrogen (secondary N) is 1. The molecule has 1 N–H and O–H groups in total. The van der Waals surface area contributed by atoms with E-state index in [9.17, 15) is 9.59 Å². The predicted octanol–water partition coefficient (Wildman–Crippen LogP) is 1.99. The van der Waals surface area contributed by atoms with Gasteiger partial charge in [-0.3, -0.25) is 9.59 Å². The second-order valence-electron chi connectivity index (χ2n) is 7.07. The molecule has 2 heterocycles. The molecule has 2 amide bonds. The number of nitrogens with zero attached hydrogens (tertiary/aromatic N) is 1. The average Bonchev–Trinajstić information content (AvgIpc) is 3.29. The summed E-state index contributed by atoms with van der Waals surface area (Å²) in [6, 6.07) is 10.2. The number of piperidine rings is 1. The second-order valence-corrected chi connectivity index (χ2v) is 7.07. The van der Waals surface area contributed by atoms with Crippen molar-refractivity contribution in [3.8, 4) is 0 Å². The van der Waals surface area contributed by atoms with Gasteiger partial charge in [-0.05, 0) is 37.7 Å². The second kappa shape index (κ2) is 4.83. The van der Waals surface area contributed by atoms with E-state index >= 15 is 0 Å². The molecule has 1 aromatic carbocycles. The molecule has 1 spiro atoms. The van der Waals surface area contributed by atoms with Crippen molar-refractivity contribution in [2.75, 3.05) is 13.1 Å². The summed E-state index contributed by atoms with van der Waals surface area (Å²) in [7, 11) is 0. The van der Waals surface area contributed by atoms with Gasteiger partial charge in [0.05, 0.1) is 5.41 Å². The highest BCUT2D eigenvalue weighted by Gasteiger charge is 2.54. The number of hydrogen-bond acceptors (Lipinski definition) is 2. The zero-order valence-corrected chi connectivity index (χ0v) is 12.8. The van der Waals surface area contributed by atoms with Crippen LogP contribution in [0, 0.1) is 0 Å².